The summed E-state index contributed by atoms with van der Waals surface area (Å²) in [6.45, 7) is 3.45. The van der Waals surface area contributed by atoms with Crippen molar-refractivity contribution in [3.63, 3.8) is 0 Å². The van der Waals surface area contributed by atoms with Gasteiger partial charge in [0.05, 0.1) is 11.7 Å². The summed E-state index contributed by atoms with van der Waals surface area (Å²) >= 11 is 0. The van der Waals surface area contributed by atoms with Crippen LogP contribution in [0.2, 0.25) is 0 Å². The second-order valence-electron chi connectivity index (χ2n) is 3.93. The molecule has 0 radical (unpaired) electrons. The summed E-state index contributed by atoms with van der Waals surface area (Å²) in [6, 6.07) is 2.61. The van der Waals surface area contributed by atoms with E-state index in [2.05, 4.69) is 23.4 Å². The third-order valence-corrected chi connectivity index (χ3v) is 2.95. The minimum Gasteiger partial charge on any atom is -0.308 e. The van der Waals surface area contributed by atoms with Gasteiger partial charge in [0.15, 0.2) is 0 Å². The maximum Gasteiger partial charge on any atom is 0.0553 e. The Balaban J connectivity index is 2.19. The predicted octanol–water partition coefficient (Wildman–Crippen LogP) is 1.48. The standard InChI is InChI=1S/C10H17N3/c1-8-4-3-6-11-10(8)9-5-7-12-13(9)2/h5,7-8,10-11H,3-4,6H2,1-2H3. The summed E-state index contributed by atoms with van der Waals surface area (Å²) in [4.78, 5) is 0. The van der Waals surface area contributed by atoms with Crippen LogP contribution < -0.4 is 5.32 Å². The molecule has 1 aromatic heterocycles. The number of nitrogens with one attached hydrogen (secondary N) is 1. The number of hydrogen-bond acceptors (Lipinski definition) is 2. The number of rotatable bonds is 1. The fraction of sp³-hybridized carbons (Fsp3) is 0.700. The van der Waals surface area contributed by atoms with Gasteiger partial charge in [-0.25, -0.2) is 0 Å². The van der Waals surface area contributed by atoms with Crippen LogP contribution in [-0.4, -0.2) is 16.3 Å². The molecular formula is C10H17N3. The Labute approximate surface area is 79.1 Å². The number of nitrogens with zero attached hydrogens (tertiary/aromatic N) is 2. The van der Waals surface area contributed by atoms with Crippen molar-refractivity contribution >= 4 is 0 Å². The van der Waals surface area contributed by atoms with Gasteiger partial charge < -0.3 is 5.32 Å². The summed E-state index contributed by atoms with van der Waals surface area (Å²) in [7, 11) is 2.01. The number of hydrogen-bond donors (Lipinski definition) is 1. The highest BCUT2D eigenvalue weighted by Crippen LogP contribution is 2.27. The lowest BCUT2D eigenvalue weighted by atomic mass is 9.90. The van der Waals surface area contributed by atoms with E-state index in [1.165, 1.54) is 18.5 Å². The van der Waals surface area contributed by atoms with Gasteiger partial charge in [0, 0.05) is 13.2 Å². The molecule has 0 amide bonds. The highest BCUT2D eigenvalue weighted by atomic mass is 15.3. The Morgan fingerprint density at radius 3 is 3.08 bits per heavy atom. The molecule has 13 heavy (non-hydrogen) atoms. The van der Waals surface area contributed by atoms with Crippen LogP contribution in [0.15, 0.2) is 12.3 Å². The molecule has 2 atom stereocenters. The quantitative estimate of drug-likeness (QED) is 0.707. The van der Waals surface area contributed by atoms with Crippen LogP contribution in [0, 0.1) is 5.92 Å². The SMILES string of the molecule is CC1CCCNC1c1ccnn1C. The predicted molar refractivity (Wildman–Crippen MR) is 52.3 cm³/mol. The lowest BCUT2D eigenvalue weighted by molar-refractivity contribution is 0.294. The van der Waals surface area contributed by atoms with Gasteiger partial charge in [-0.3, -0.25) is 4.68 Å². The van der Waals surface area contributed by atoms with Gasteiger partial charge in [-0.05, 0) is 31.4 Å². The van der Waals surface area contributed by atoms with Crippen molar-refractivity contribution in [2.75, 3.05) is 6.54 Å². The fourth-order valence-corrected chi connectivity index (χ4v) is 2.13. The fourth-order valence-electron chi connectivity index (χ4n) is 2.13. The number of piperidine rings is 1. The van der Waals surface area contributed by atoms with Gasteiger partial charge >= 0.3 is 0 Å². The van der Waals surface area contributed by atoms with Crippen molar-refractivity contribution < 1.29 is 0 Å². The monoisotopic (exact) mass is 179 g/mol. The first-order chi connectivity index (χ1) is 6.29. The Bertz CT molecular complexity index is 279. The van der Waals surface area contributed by atoms with E-state index in [0.717, 1.165) is 12.5 Å². The zero-order valence-corrected chi connectivity index (χ0v) is 8.33. The van der Waals surface area contributed by atoms with E-state index in [1.807, 2.05) is 17.9 Å². The third kappa shape index (κ3) is 1.61. The molecule has 3 nitrogen and oxygen atoms in total. The van der Waals surface area contributed by atoms with Gasteiger partial charge in [0.25, 0.3) is 0 Å². The summed E-state index contributed by atoms with van der Waals surface area (Å²) in [5.74, 6) is 0.726. The molecule has 0 aliphatic carbocycles. The summed E-state index contributed by atoms with van der Waals surface area (Å²) in [5.41, 5.74) is 1.31. The second-order valence-corrected chi connectivity index (χ2v) is 3.93. The molecule has 1 aromatic rings. The smallest absolute Gasteiger partial charge is 0.0553 e. The maximum absolute atomic E-state index is 4.20. The van der Waals surface area contributed by atoms with Crippen molar-refractivity contribution in [2.45, 2.75) is 25.8 Å². The first-order valence-electron chi connectivity index (χ1n) is 5.00. The Hall–Kier alpha value is -0.830. The van der Waals surface area contributed by atoms with Crippen LogP contribution in [0.4, 0.5) is 0 Å². The van der Waals surface area contributed by atoms with E-state index in [9.17, 15) is 0 Å². The van der Waals surface area contributed by atoms with Crippen LogP contribution in [0.5, 0.6) is 0 Å². The highest BCUT2D eigenvalue weighted by Gasteiger charge is 2.24. The second kappa shape index (κ2) is 3.50. The number of aromatic nitrogens is 2. The molecule has 1 aliphatic rings. The average molecular weight is 179 g/mol. The molecule has 0 bridgehead atoms. The number of aryl methyl sites for hydroxylation is 1. The summed E-state index contributed by atoms with van der Waals surface area (Å²) < 4.78 is 1.97. The molecule has 0 aromatic carbocycles. The van der Waals surface area contributed by atoms with Crippen LogP contribution in [0.3, 0.4) is 0 Å². The maximum atomic E-state index is 4.20. The Kier molecular flexibility index (Phi) is 2.36. The molecule has 0 spiro atoms. The van der Waals surface area contributed by atoms with Gasteiger partial charge in [-0.2, -0.15) is 5.10 Å². The van der Waals surface area contributed by atoms with Gasteiger partial charge in [-0.1, -0.05) is 6.92 Å². The Morgan fingerprint density at radius 1 is 1.62 bits per heavy atom. The van der Waals surface area contributed by atoms with Crippen LogP contribution in [0.1, 0.15) is 31.5 Å². The molecule has 2 heterocycles. The zero-order chi connectivity index (χ0) is 9.26. The van der Waals surface area contributed by atoms with Gasteiger partial charge in [-0.15, -0.1) is 0 Å². The molecule has 1 aliphatic heterocycles. The van der Waals surface area contributed by atoms with Crippen molar-refractivity contribution in [2.24, 2.45) is 13.0 Å². The average Bonchev–Trinajstić information content (AvgIpc) is 2.52. The summed E-state index contributed by atoms with van der Waals surface area (Å²) in [6.07, 6.45) is 4.50. The van der Waals surface area contributed by atoms with E-state index >= 15 is 0 Å². The van der Waals surface area contributed by atoms with E-state index in [-0.39, 0.29) is 0 Å². The zero-order valence-electron chi connectivity index (χ0n) is 8.33. The normalized spacial score (nSPS) is 29.1. The molecule has 0 saturated carbocycles. The Morgan fingerprint density at radius 2 is 2.46 bits per heavy atom. The molecular weight excluding hydrogens is 162 g/mol. The summed E-state index contributed by atoms with van der Waals surface area (Å²) in [5, 5.41) is 7.75. The van der Waals surface area contributed by atoms with Gasteiger partial charge in [0.2, 0.25) is 0 Å². The highest BCUT2D eigenvalue weighted by molar-refractivity contribution is 5.08. The van der Waals surface area contributed by atoms with Crippen LogP contribution >= 0.6 is 0 Å². The molecule has 1 saturated heterocycles. The van der Waals surface area contributed by atoms with E-state index in [0.29, 0.717) is 6.04 Å². The van der Waals surface area contributed by atoms with E-state index in [4.69, 9.17) is 0 Å². The first kappa shape index (κ1) is 8.75. The molecule has 2 unspecified atom stereocenters. The van der Waals surface area contributed by atoms with Crippen molar-refractivity contribution in [1.82, 2.24) is 15.1 Å². The van der Waals surface area contributed by atoms with Crippen LogP contribution in [0.25, 0.3) is 0 Å². The van der Waals surface area contributed by atoms with Crippen LogP contribution in [-0.2, 0) is 7.05 Å². The first-order valence-corrected chi connectivity index (χ1v) is 5.00. The van der Waals surface area contributed by atoms with E-state index < -0.39 is 0 Å². The van der Waals surface area contributed by atoms with Crippen molar-refractivity contribution in [3.05, 3.63) is 18.0 Å². The topological polar surface area (TPSA) is 29.9 Å². The molecule has 1 fully saturated rings. The molecule has 3 heteroatoms. The van der Waals surface area contributed by atoms with E-state index in [1.54, 1.807) is 0 Å². The molecule has 72 valence electrons. The third-order valence-electron chi connectivity index (χ3n) is 2.95. The molecule has 1 N–H and O–H groups in total. The largest absolute Gasteiger partial charge is 0.308 e. The minimum absolute atomic E-state index is 0.501. The lowest BCUT2D eigenvalue weighted by Crippen LogP contribution is -2.34. The van der Waals surface area contributed by atoms with Crippen molar-refractivity contribution in [3.8, 4) is 0 Å². The minimum atomic E-state index is 0.501. The lowest BCUT2D eigenvalue weighted by Gasteiger charge is -2.30. The van der Waals surface area contributed by atoms with Crippen molar-refractivity contribution in [1.29, 1.82) is 0 Å². The van der Waals surface area contributed by atoms with Gasteiger partial charge in [0.1, 0.15) is 0 Å². The molecule has 2 rings (SSSR count).